The summed E-state index contributed by atoms with van der Waals surface area (Å²) < 4.78 is 6.45. The Bertz CT molecular complexity index is 740. The third-order valence-electron chi connectivity index (χ3n) is 3.74. The number of amides is 2. The molecule has 2 aromatic rings. The Balaban J connectivity index is 1.58. The van der Waals surface area contributed by atoms with Gasteiger partial charge in [0, 0.05) is 15.0 Å². The molecule has 0 unspecified atom stereocenters. The second-order valence-electron chi connectivity index (χ2n) is 5.52. The lowest BCUT2D eigenvalue weighted by Gasteiger charge is -2.22. The topological polar surface area (TPSA) is 58.6 Å². The van der Waals surface area contributed by atoms with Crippen molar-refractivity contribution in [1.29, 1.82) is 0 Å². The molecule has 0 radical (unpaired) electrons. The molecule has 1 atom stereocenters. The van der Waals surface area contributed by atoms with Crippen molar-refractivity contribution in [3.63, 3.8) is 0 Å². The van der Waals surface area contributed by atoms with Gasteiger partial charge in [-0.05, 0) is 52.4 Å². The van der Waals surface area contributed by atoms with E-state index in [9.17, 15) is 9.59 Å². The van der Waals surface area contributed by atoms with Crippen LogP contribution in [-0.4, -0.2) is 34.6 Å². The van der Waals surface area contributed by atoms with Crippen LogP contribution in [0.4, 0.5) is 10.5 Å². The van der Waals surface area contributed by atoms with E-state index in [0.717, 1.165) is 14.8 Å². The number of carbonyl (C=O) groups is 2. The second-order valence-corrected chi connectivity index (χ2v) is 7.77. The van der Waals surface area contributed by atoms with Crippen LogP contribution >= 0.6 is 34.4 Å². The molecule has 25 heavy (non-hydrogen) atoms. The maximum Gasteiger partial charge on any atom is 0.411 e. The Morgan fingerprint density at radius 2 is 1.88 bits per heavy atom. The van der Waals surface area contributed by atoms with Crippen LogP contribution < -0.4 is 5.32 Å². The first kappa shape index (κ1) is 18.1. The van der Waals surface area contributed by atoms with Gasteiger partial charge in [0.25, 0.3) is 0 Å². The SMILES string of the molecule is O=C(Nc1ccc(I)cc1)[C@@H]1CSCN1C(=O)OCc1ccccc1. The molecular formula is C18H17IN2O3S. The number of hydrogen-bond acceptors (Lipinski definition) is 4. The molecule has 2 aromatic carbocycles. The van der Waals surface area contributed by atoms with E-state index in [2.05, 4.69) is 27.9 Å². The molecule has 1 saturated heterocycles. The van der Waals surface area contributed by atoms with Gasteiger partial charge < -0.3 is 10.1 Å². The fourth-order valence-electron chi connectivity index (χ4n) is 2.40. The number of anilines is 1. The normalized spacial score (nSPS) is 16.5. The van der Waals surface area contributed by atoms with Crippen molar-refractivity contribution in [2.45, 2.75) is 12.6 Å². The van der Waals surface area contributed by atoms with Gasteiger partial charge in [0.15, 0.2) is 0 Å². The average molecular weight is 468 g/mol. The summed E-state index contributed by atoms with van der Waals surface area (Å²) in [4.78, 5) is 26.3. The maximum absolute atomic E-state index is 12.5. The Morgan fingerprint density at radius 1 is 1.16 bits per heavy atom. The zero-order valence-electron chi connectivity index (χ0n) is 13.4. The first-order valence-corrected chi connectivity index (χ1v) is 9.98. The average Bonchev–Trinajstić information content (AvgIpc) is 3.12. The number of hydrogen-bond donors (Lipinski definition) is 1. The van der Waals surface area contributed by atoms with Gasteiger partial charge in [-0.1, -0.05) is 30.3 Å². The highest BCUT2D eigenvalue weighted by molar-refractivity contribution is 14.1. The predicted molar refractivity (Wildman–Crippen MR) is 107 cm³/mol. The van der Waals surface area contributed by atoms with Gasteiger partial charge in [0.05, 0.1) is 5.88 Å². The summed E-state index contributed by atoms with van der Waals surface area (Å²) in [6.45, 7) is 0.201. The molecule has 0 aliphatic carbocycles. The van der Waals surface area contributed by atoms with Crippen molar-refractivity contribution in [1.82, 2.24) is 4.90 Å². The van der Waals surface area contributed by atoms with Gasteiger partial charge in [-0.15, -0.1) is 11.8 Å². The molecule has 130 valence electrons. The fraction of sp³-hybridized carbons (Fsp3) is 0.222. The number of nitrogens with one attached hydrogen (secondary N) is 1. The molecule has 0 aromatic heterocycles. The van der Waals surface area contributed by atoms with Gasteiger partial charge in [0.1, 0.15) is 12.6 Å². The highest BCUT2D eigenvalue weighted by atomic mass is 127. The fourth-order valence-corrected chi connectivity index (χ4v) is 3.90. The van der Waals surface area contributed by atoms with E-state index in [4.69, 9.17) is 4.74 Å². The van der Waals surface area contributed by atoms with Crippen LogP contribution in [0.15, 0.2) is 54.6 Å². The molecular weight excluding hydrogens is 451 g/mol. The van der Waals surface area contributed by atoms with Crippen molar-refractivity contribution in [2.24, 2.45) is 0 Å². The molecule has 0 spiro atoms. The number of nitrogens with zero attached hydrogens (tertiary/aromatic N) is 1. The highest BCUT2D eigenvalue weighted by Gasteiger charge is 2.35. The molecule has 1 fully saturated rings. The number of halogens is 1. The molecule has 7 heteroatoms. The Morgan fingerprint density at radius 3 is 2.60 bits per heavy atom. The largest absolute Gasteiger partial charge is 0.445 e. The minimum Gasteiger partial charge on any atom is -0.445 e. The lowest BCUT2D eigenvalue weighted by atomic mass is 10.2. The van der Waals surface area contributed by atoms with Crippen LogP contribution in [0.1, 0.15) is 5.56 Å². The summed E-state index contributed by atoms with van der Waals surface area (Å²) in [7, 11) is 0. The number of ether oxygens (including phenoxy) is 1. The summed E-state index contributed by atoms with van der Waals surface area (Å²) in [5.41, 5.74) is 1.64. The standard InChI is InChI=1S/C18H17IN2O3S/c19-14-6-8-15(9-7-14)20-17(22)16-11-25-12-21(16)18(23)24-10-13-4-2-1-3-5-13/h1-9,16H,10-12H2,(H,20,22)/t16-/m0/s1. The Labute approximate surface area is 164 Å². The molecule has 1 N–H and O–H groups in total. The number of carbonyl (C=O) groups excluding carboxylic acids is 2. The molecule has 5 nitrogen and oxygen atoms in total. The Kier molecular flexibility index (Phi) is 6.19. The third-order valence-corrected chi connectivity index (χ3v) is 5.47. The summed E-state index contributed by atoms with van der Waals surface area (Å²) in [6, 6.07) is 16.5. The predicted octanol–water partition coefficient (Wildman–Crippen LogP) is 3.94. The monoisotopic (exact) mass is 468 g/mol. The van der Waals surface area contributed by atoms with E-state index in [1.54, 1.807) is 11.8 Å². The van der Waals surface area contributed by atoms with E-state index in [1.807, 2.05) is 54.6 Å². The van der Waals surface area contributed by atoms with Crippen LogP contribution in [0.3, 0.4) is 0 Å². The lowest BCUT2D eigenvalue weighted by molar-refractivity contribution is -0.119. The van der Waals surface area contributed by atoms with Crippen molar-refractivity contribution in [3.05, 3.63) is 63.7 Å². The van der Waals surface area contributed by atoms with Crippen molar-refractivity contribution >= 4 is 52.0 Å². The van der Waals surface area contributed by atoms with Gasteiger partial charge in [-0.3, -0.25) is 9.69 Å². The number of rotatable bonds is 4. The highest BCUT2D eigenvalue weighted by Crippen LogP contribution is 2.23. The second kappa shape index (κ2) is 8.57. The van der Waals surface area contributed by atoms with Gasteiger partial charge >= 0.3 is 6.09 Å². The summed E-state index contributed by atoms with van der Waals surface area (Å²) in [5.74, 6) is 0.831. The van der Waals surface area contributed by atoms with Crippen LogP contribution in [0.2, 0.25) is 0 Å². The molecule has 3 rings (SSSR count). The molecule has 1 heterocycles. The first-order chi connectivity index (χ1) is 12.1. The smallest absolute Gasteiger partial charge is 0.411 e. The Hall–Kier alpha value is -1.74. The zero-order chi connectivity index (χ0) is 17.6. The van der Waals surface area contributed by atoms with Gasteiger partial charge in [-0.2, -0.15) is 0 Å². The van der Waals surface area contributed by atoms with Crippen LogP contribution in [0, 0.1) is 3.57 Å². The van der Waals surface area contributed by atoms with Gasteiger partial charge in [0.2, 0.25) is 5.91 Å². The van der Waals surface area contributed by atoms with Crippen molar-refractivity contribution < 1.29 is 14.3 Å². The molecule has 0 bridgehead atoms. The van der Waals surface area contributed by atoms with Crippen LogP contribution in [-0.2, 0) is 16.1 Å². The summed E-state index contributed by atoms with van der Waals surface area (Å²) >= 11 is 3.75. The quantitative estimate of drug-likeness (QED) is 0.691. The van der Waals surface area contributed by atoms with E-state index < -0.39 is 12.1 Å². The van der Waals surface area contributed by atoms with E-state index in [-0.39, 0.29) is 12.5 Å². The molecule has 2 amide bonds. The number of thioether (sulfide) groups is 1. The van der Waals surface area contributed by atoms with Crippen molar-refractivity contribution in [2.75, 3.05) is 16.9 Å². The molecule has 1 aliphatic rings. The van der Waals surface area contributed by atoms with Crippen LogP contribution in [0.5, 0.6) is 0 Å². The van der Waals surface area contributed by atoms with Crippen molar-refractivity contribution in [3.8, 4) is 0 Å². The maximum atomic E-state index is 12.5. The third kappa shape index (κ3) is 4.88. The van der Waals surface area contributed by atoms with Crippen LogP contribution in [0.25, 0.3) is 0 Å². The first-order valence-electron chi connectivity index (χ1n) is 7.75. The summed E-state index contributed by atoms with van der Waals surface area (Å²) in [5, 5.41) is 2.86. The van der Waals surface area contributed by atoms with E-state index in [0.29, 0.717) is 11.6 Å². The van der Waals surface area contributed by atoms with E-state index >= 15 is 0 Å². The minimum absolute atomic E-state index is 0.192. The van der Waals surface area contributed by atoms with Gasteiger partial charge in [-0.25, -0.2) is 4.79 Å². The summed E-state index contributed by atoms with van der Waals surface area (Å²) in [6.07, 6.45) is -0.461. The number of benzene rings is 2. The molecule has 1 aliphatic heterocycles. The zero-order valence-corrected chi connectivity index (χ0v) is 16.3. The van der Waals surface area contributed by atoms with E-state index in [1.165, 1.54) is 4.90 Å². The minimum atomic E-state index is -0.521. The molecule has 0 saturated carbocycles. The lowest BCUT2D eigenvalue weighted by Crippen LogP contribution is -2.44.